The van der Waals surface area contributed by atoms with Gasteiger partial charge in [0.2, 0.25) is 5.91 Å². The maximum atomic E-state index is 13.5. The van der Waals surface area contributed by atoms with Crippen LogP contribution in [-0.2, 0) is 25.4 Å². The smallest absolute Gasteiger partial charge is 0.343 e. The molecule has 0 spiro atoms. The van der Waals surface area contributed by atoms with Crippen molar-refractivity contribution in [3.63, 3.8) is 0 Å². The number of ether oxygens (including phenoxy) is 2. The summed E-state index contributed by atoms with van der Waals surface area (Å²) in [4.78, 5) is 24.1. The summed E-state index contributed by atoms with van der Waals surface area (Å²) in [5.74, 6) is -0.548. The Balaban J connectivity index is 2.83. The predicted molar refractivity (Wildman–Crippen MR) is 141 cm³/mol. The topological polar surface area (TPSA) is 123 Å². The largest absolute Gasteiger partial charge is 0.493 e. The average Bonchev–Trinajstić information content (AvgIpc) is 2.80. The summed E-state index contributed by atoms with van der Waals surface area (Å²) in [6.45, 7) is 9.46. The van der Waals surface area contributed by atoms with Gasteiger partial charge in [0.15, 0.2) is 11.5 Å². The number of carbonyl (C=O) groups excluding carboxylic acids is 1. The summed E-state index contributed by atoms with van der Waals surface area (Å²) < 4.78 is 29.8. The van der Waals surface area contributed by atoms with Crippen LogP contribution in [0.2, 0.25) is 0 Å². The molecule has 0 aliphatic carbocycles. The Morgan fingerprint density at radius 2 is 1.83 bits per heavy atom. The van der Waals surface area contributed by atoms with Crippen LogP contribution in [0.4, 0.5) is 0 Å². The molecule has 1 aromatic carbocycles. The number of hydrogen-bond acceptors (Lipinski definition) is 6. The molecule has 0 radical (unpaired) electrons. The maximum Gasteiger partial charge on any atom is 0.343 e. The highest BCUT2D eigenvalue weighted by molar-refractivity contribution is 7.57. The van der Waals surface area contributed by atoms with E-state index in [0.717, 1.165) is 24.8 Å². The predicted octanol–water partition coefficient (Wildman–Crippen LogP) is 5.35. The van der Waals surface area contributed by atoms with Gasteiger partial charge in [0.25, 0.3) is 0 Å². The first kappa shape index (κ1) is 31.7. The first-order chi connectivity index (χ1) is 16.9. The zero-order valence-electron chi connectivity index (χ0n) is 22.6. The molecule has 0 aliphatic heterocycles. The van der Waals surface area contributed by atoms with E-state index in [0.29, 0.717) is 24.6 Å². The van der Waals surface area contributed by atoms with Crippen molar-refractivity contribution in [2.24, 2.45) is 11.8 Å². The third kappa shape index (κ3) is 10.3. The van der Waals surface area contributed by atoms with Crippen molar-refractivity contribution < 1.29 is 33.3 Å². The number of allylic oxidation sites excluding steroid dienone is 2. The first-order valence-corrected chi connectivity index (χ1v) is 14.1. The standard InChI is InChI=1S/C26H43N2O7P/c1-19(2)12-10-8-9-11-13-24(29)27-17-21-14-15-22(23(16-21)34-7)35-36(32,18-33-6)28-26(5,20(3)4)25(30)31/h10,12,14-16,19-20H,8-9,11,13,17-18H2,1-7H3,(H,27,29)(H,28,32)(H,30,31)/b12-10+. The fourth-order valence-electron chi connectivity index (χ4n) is 3.29. The van der Waals surface area contributed by atoms with Gasteiger partial charge in [-0.25, -0.2) is 5.09 Å². The van der Waals surface area contributed by atoms with Gasteiger partial charge in [-0.1, -0.05) is 45.9 Å². The van der Waals surface area contributed by atoms with Crippen LogP contribution in [0.1, 0.15) is 65.9 Å². The number of aliphatic carboxylic acids is 1. The van der Waals surface area contributed by atoms with Crippen molar-refractivity contribution in [3.05, 3.63) is 35.9 Å². The van der Waals surface area contributed by atoms with Crippen LogP contribution in [0.15, 0.2) is 30.4 Å². The number of unbranched alkanes of at least 4 members (excludes halogenated alkanes) is 2. The molecule has 10 heteroatoms. The van der Waals surface area contributed by atoms with Crippen molar-refractivity contribution in [1.29, 1.82) is 0 Å². The van der Waals surface area contributed by atoms with Crippen LogP contribution in [-0.4, -0.2) is 43.1 Å². The molecule has 1 aromatic rings. The lowest BCUT2D eigenvalue weighted by Crippen LogP contribution is -2.52. The number of hydrogen-bond donors (Lipinski definition) is 3. The Hall–Kier alpha value is -2.35. The molecule has 3 N–H and O–H groups in total. The van der Waals surface area contributed by atoms with Gasteiger partial charge in [0.05, 0.1) is 7.11 Å². The second-order valence-electron chi connectivity index (χ2n) is 9.64. The van der Waals surface area contributed by atoms with Gasteiger partial charge >= 0.3 is 13.5 Å². The van der Waals surface area contributed by atoms with Crippen LogP contribution in [0.5, 0.6) is 11.5 Å². The number of carboxylic acid groups (broad SMARTS) is 1. The van der Waals surface area contributed by atoms with E-state index in [-0.39, 0.29) is 23.9 Å². The number of carbonyl (C=O) groups is 2. The molecule has 0 aliphatic rings. The SMILES string of the molecule is COCP(=O)(NC(C)(C(=O)O)C(C)C)Oc1ccc(CNC(=O)CCCC/C=C/C(C)C)cc1OC. The Morgan fingerprint density at radius 3 is 2.39 bits per heavy atom. The Bertz CT molecular complexity index is 933. The molecule has 9 nitrogen and oxygen atoms in total. The van der Waals surface area contributed by atoms with Gasteiger partial charge in [-0.05, 0) is 55.7 Å². The van der Waals surface area contributed by atoms with E-state index < -0.39 is 19.0 Å². The molecule has 36 heavy (non-hydrogen) atoms. The molecule has 0 saturated carbocycles. The lowest BCUT2D eigenvalue weighted by atomic mass is 9.90. The summed E-state index contributed by atoms with van der Waals surface area (Å²) in [6.07, 6.45) is 7.19. The first-order valence-electron chi connectivity index (χ1n) is 12.3. The lowest BCUT2D eigenvalue weighted by molar-refractivity contribution is -0.145. The third-order valence-electron chi connectivity index (χ3n) is 5.81. The highest BCUT2D eigenvalue weighted by Gasteiger charge is 2.44. The van der Waals surface area contributed by atoms with Gasteiger partial charge in [-0.15, -0.1) is 0 Å². The molecule has 2 atom stereocenters. The van der Waals surface area contributed by atoms with Gasteiger partial charge in [-0.3, -0.25) is 14.2 Å². The second kappa shape index (κ2) is 15.0. The average molecular weight is 527 g/mol. The number of benzene rings is 1. The molecule has 0 aromatic heterocycles. The minimum absolute atomic E-state index is 0.0300. The van der Waals surface area contributed by atoms with Crippen LogP contribution in [0.25, 0.3) is 0 Å². The summed E-state index contributed by atoms with van der Waals surface area (Å²) in [5, 5.41) is 15.3. The second-order valence-corrected chi connectivity index (χ2v) is 11.6. The highest BCUT2D eigenvalue weighted by Crippen LogP contribution is 2.48. The molecule has 0 fully saturated rings. The molecule has 2 unspecified atom stereocenters. The van der Waals surface area contributed by atoms with E-state index in [1.54, 1.807) is 32.0 Å². The van der Waals surface area contributed by atoms with Crippen molar-refractivity contribution in [3.8, 4) is 11.5 Å². The number of nitrogens with one attached hydrogen (secondary N) is 2. The van der Waals surface area contributed by atoms with Crippen molar-refractivity contribution in [1.82, 2.24) is 10.4 Å². The minimum atomic E-state index is -3.79. The normalized spacial score (nSPS) is 15.0. The van der Waals surface area contributed by atoms with Gasteiger partial charge < -0.3 is 24.4 Å². The molecule has 1 rings (SSSR count). The zero-order valence-corrected chi connectivity index (χ0v) is 23.5. The van der Waals surface area contributed by atoms with Crippen molar-refractivity contribution >= 4 is 19.4 Å². The van der Waals surface area contributed by atoms with Gasteiger partial charge in [0, 0.05) is 20.1 Å². The lowest BCUT2D eigenvalue weighted by Gasteiger charge is -2.34. The summed E-state index contributed by atoms with van der Waals surface area (Å²) in [7, 11) is -0.986. The zero-order chi connectivity index (χ0) is 27.4. The van der Waals surface area contributed by atoms with Gasteiger partial charge in [-0.2, -0.15) is 0 Å². The molecular weight excluding hydrogens is 483 g/mol. The van der Waals surface area contributed by atoms with Crippen LogP contribution < -0.4 is 19.7 Å². The summed E-state index contributed by atoms with van der Waals surface area (Å²) in [6, 6.07) is 4.99. The van der Waals surface area contributed by atoms with E-state index in [1.807, 2.05) is 0 Å². The highest BCUT2D eigenvalue weighted by atomic mass is 31.2. The maximum absolute atomic E-state index is 13.5. The van der Waals surface area contributed by atoms with E-state index in [2.05, 4.69) is 36.4 Å². The minimum Gasteiger partial charge on any atom is -0.493 e. The Labute approximate surface area is 215 Å². The third-order valence-corrected chi connectivity index (χ3v) is 7.70. The number of amides is 1. The fourth-order valence-corrected chi connectivity index (χ4v) is 5.32. The molecule has 204 valence electrons. The molecule has 0 heterocycles. The van der Waals surface area contributed by atoms with E-state index in [1.165, 1.54) is 21.1 Å². The van der Waals surface area contributed by atoms with Crippen molar-refractivity contribution in [2.75, 3.05) is 20.6 Å². The summed E-state index contributed by atoms with van der Waals surface area (Å²) in [5.41, 5.74) is -0.726. The van der Waals surface area contributed by atoms with Crippen molar-refractivity contribution in [2.45, 2.75) is 72.4 Å². The molecule has 1 amide bonds. The van der Waals surface area contributed by atoms with Gasteiger partial charge in [0.1, 0.15) is 11.9 Å². The van der Waals surface area contributed by atoms with E-state index in [9.17, 15) is 19.3 Å². The Morgan fingerprint density at radius 1 is 1.14 bits per heavy atom. The van der Waals surface area contributed by atoms with E-state index in [4.69, 9.17) is 14.0 Å². The number of carboxylic acids is 1. The monoisotopic (exact) mass is 526 g/mol. The molecule has 0 saturated heterocycles. The van der Waals surface area contributed by atoms with Crippen LogP contribution >= 0.6 is 7.52 Å². The Kier molecular flexibility index (Phi) is 13.2. The summed E-state index contributed by atoms with van der Waals surface area (Å²) >= 11 is 0. The van der Waals surface area contributed by atoms with Crippen LogP contribution in [0, 0.1) is 11.8 Å². The number of rotatable bonds is 17. The van der Waals surface area contributed by atoms with Crippen LogP contribution in [0.3, 0.4) is 0 Å². The van der Waals surface area contributed by atoms with E-state index >= 15 is 0 Å². The fraction of sp³-hybridized carbons (Fsp3) is 0.615. The molecule has 0 bridgehead atoms. The number of methoxy groups -OCH3 is 2. The quantitative estimate of drug-likeness (QED) is 0.141. The molecular formula is C26H43N2O7P.